The number of anilines is 1. The molecule has 3 rings (SSSR count). The molecule has 2 aromatic rings. The second-order valence-corrected chi connectivity index (χ2v) is 8.14. The van der Waals surface area contributed by atoms with Crippen molar-refractivity contribution in [3.63, 3.8) is 0 Å². The van der Waals surface area contributed by atoms with Gasteiger partial charge in [0.1, 0.15) is 0 Å². The molecule has 0 spiro atoms. The summed E-state index contributed by atoms with van der Waals surface area (Å²) in [6.45, 7) is 3.39. The smallest absolute Gasteiger partial charge is 0.241 e. The molecule has 7 heteroatoms. The molecule has 0 saturated carbocycles. The zero-order chi connectivity index (χ0) is 19.4. The summed E-state index contributed by atoms with van der Waals surface area (Å²) in [5.74, 6) is -0.130. The minimum atomic E-state index is -3.74. The van der Waals surface area contributed by atoms with Crippen molar-refractivity contribution in [2.45, 2.75) is 24.3 Å². The van der Waals surface area contributed by atoms with E-state index < -0.39 is 10.0 Å². The molecule has 1 amide bonds. The van der Waals surface area contributed by atoms with Crippen LogP contribution in [0.5, 0.6) is 0 Å². The van der Waals surface area contributed by atoms with Crippen LogP contribution in [0.15, 0.2) is 65.6 Å². The van der Waals surface area contributed by atoms with Crippen molar-refractivity contribution < 1.29 is 13.2 Å². The van der Waals surface area contributed by atoms with Crippen molar-refractivity contribution in [3.05, 3.63) is 66.2 Å². The fraction of sp³-hybridized carbons (Fsp3) is 0.250. The Hall–Kier alpha value is -2.48. The van der Waals surface area contributed by atoms with Crippen molar-refractivity contribution in [3.8, 4) is 0 Å². The molecule has 0 saturated heterocycles. The summed E-state index contributed by atoms with van der Waals surface area (Å²) >= 11 is 0. The van der Waals surface area contributed by atoms with E-state index in [4.69, 9.17) is 5.14 Å². The summed E-state index contributed by atoms with van der Waals surface area (Å²) in [5.41, 5.74) is 3.07. The maximum Gasteiger partial charge on any atom is 0.241 e. The molecule has 6 nitrogen and oxygen atoms in total. The summed E-state index contributed by atoms with van der Waals surface area (Å²) in [4.78, 5) is 14.7. The average Bonchev–Trinajstić information content (AvgIpc) is 2.68. The molecule has 1 atom stereocenters. The highest BCUT2D eigenvalue weighted by Crippen LogP contribution is 2.23. The Labute approximate surface area is 159 Å². The molecule has 0 aromatic heterocycles. The number of benzene rings is 2. The minimum Gasteiger partial charge on any atom is -0.325 e. The molecule has 0 unspecified atom stereocenters. The number of sulfonamides is 1. The highest BCUT2D eigenvalue weighted by atomic mass is 32.2. The van der Waals surface area contributed by atoms with Crippen LogP contribution < -0.4 is 10.5 Å². The van der Waals surface area contributed by atoms with Gasteiger partial charge in [0, 0.05) is 18.8 Å². The molecule has 1 heterocycles. The molecule has 142 valence electrons. The number of hydrogen-bond acceptors (Lipinski definition) is 4. The molecular formula is C20H23N3O3S. The maximum atomic E-state index is 12.5. The Morgan fingerprint density at radius 1 is 1.11 bits per heavy atom. The highest BCUT2D eigenvalue weighted by molar-refractivity contribution is 7.89. The van der Waals surface area contributed by atoms with Crippen LogP contribution in [0.4, 0.5) is 5.69 Å². The van der Waals surface area contributed by atoms with Gasteiger partial charge in [-0.1, -0.05) is 36.4 Å². The standard InChI is InChI=1S/C20H23N3O3S/c1-15(20(24)22-18-7-9-19(10-8-18)27(21,25)26)23-13-11-17(12-14-23)16-5-3-2-4-6-16/h2-11,15H,12-14H2,1H3,(H,22,24)(H2,21,25,26)/t15-/m0/s1. The van der Waals surface area contributed by atoms with Gasteiger partial charge in [-0.3, -0.25) is 9.69 Å². The number of nitrogens with zero attached hydrogens (tertiary/aromatic N) is 1. The number of rotatable bonds is 5. The van der Waals surface area contributed by atoms with E-state index in [2.05, 4.69) is 28.4 Å². The summed E-state index contributed by atoms with van der Waals surface area (Å²) < 4.78 is 22.6. The molecule has 1 aliphatic rings. The number of primary sulfonamides is 1. The number of amides is 1. The molecule has 0 fully saturated rings. The van der Waals surface area contributed by atoms with Crippen molar-refractivity contribution >= 4 is 27.2 Å². The highest BCUT2D eigenvalue weighted by Gasteiger charge is 2.23. The van der Waals surface area contributed by atoms with Crippen LogP contribution in [-0.2, 0) is 14.8 Å². The number of nitrogens with one attached hydrogen (secondary N) is 1. The molecular weight excluding hydrogens is 362 g/mol. The SMILES string of the molecule is C[C@@H](C(=O)Nc1ccc(S(N)(=O)=O)cc1)N1CC=C(c2ccccc2)CC1. The lowest BCUT2D eigenvalue weighted by molar-refractivity contribution is -0.120. The Morgan fingerprint density at radius 2 is 1.78 bits per heavy atom. The van der Waals surface area contributed by atoms with E-state index in [-0.39, 0.29) is 16.8 Å². The van der Waals surface area contributed by atoms with Crippen LogP contribution >= 0.6 is 0 Å². The largest absolute Gasteiger partial charge is 0.325 e. The van der Waals surface area contributed by atoms with Gasteiger partial charge in [-0.2, -0.15) is 0 Å². The Kier molecular flexibility index (Phi) is 5.74. The summed E-state index contributed by atoms with van der Waals surface area (Å²) in [6.07, 6.45) is 3.06. The first-order chi connectivity index (χ1) is 12.8. The normalized spacial score (nSPS) is 16.4. The Morgan fingerprint density at radius 3 is 2.33 bits per heavy atom. The van der Waals surface area contributed by atoms with Crippen LogP contribution in [-0.4, -0.2) is 38.4 Å². The summed E-state index contributed by atoms with van der Waals surface area (Å²) in [7, 11) is -3.74. The lowest BCUT2D eigenvalue weighted by Gasteiger charge is -2.31. The first kappa shape index (κ1) is 19.3. The Bertz CT molecular complexity index is 938. The number of carbonyl (C=O) groups excluding carboxylic acids is 1. The van der Waals surface area contributed by atoms with Crippen LogP contribution in [0.3, 0.4) is 0 Å². The Balaban J connectivity index is 1.60. The average molecular weight is 385 g/mol. The molecule has 0 radical (unpaired) electrons. The van der Waals surface area contributed by atoms with Gasteiger partial charge in [-0.05, 0) is 48.7 Å². The van der Waals surface area contributed by atoms with E-state index in [9.17, 15) is 13.2 Å². The fourth-order valence-corrected chi connectivity index (χ4v) is 3.61. The summed E-state index contributed by atoms with van der Waals surface area (Å²) in [6, 6.07) is 15.8. The minimum absolute atomic E-state index is 0.0168. The van der Waals surface area contributed by atoms with E-state index in [1.807, 2.05) is 25.1 Å². The molecule has 1 aliphatic heterocycles. The van der Waals surface area contributed by atoms with Gasteiger partial charge < -0.3 is 5.32 Å². The van der Waals surface area contributed by atoms with Crippen molar-refractivity contribution in [1.82, 2.24) is 4.90 Å². The van der Waals surface area contributed by atoms with Crippen LogP contribution in [0.25, 0.3) is 5.57 Å². The number of nitrogens with two attached hydrogens (primary N) is 1. The van der Waals surface area contributed by atoms with E-state index in [1.54, 1.807) is 0 Å². The van der Waals surface area contributed by atoms with Crippen molar-refractivity contribution in [1.29, 1.82) is 0 Å². The van der Waals surface area contributed by atoms with Crippen LogP contribution in [0.2, 0.25) is 0 Å². The van der Waals surface area contributed by atoms with E-state index >= 15 is 0 Å². The zero-order valence-corrected chi connectivity index (χ0v) is 15.9. The van der Waals surface area contributed by atoms with E-state index in [0.717, 1.165) is 13.0 Å². The first-order valence-electron chi connectivity index (χ1n) is 8.77. The molecule has 0 aliphatic carbocycles. The van der Waals surface area contributed by atoms with Gasteiger partial charge in [0.2, 0.25) is 15.9 Å². The molecule has 2 aromatic carbocycles. The molecule has 0 bridgehead atoms. The first-order valence-corrected chi connectivity index (χ1v) is 10.3. The van der Waals surface area contributed by atoms with Gasteiger partial charge in [-0.15, -0.1) is 0 Å². The third kappa shape index (κ3) is 4.82. The lowest BCUT2D eigenvalue weighted by atomic mass is 9.99. The van der Waals surface area contributed by atoms with Crippen molar-refractivity contribution in [2.24, 2.45) is 5.14 Å². The van der Waals surface area contributed by atoms with E-state index in [0.29, 0.717) is 12.2 Å². The third-order valence-corrected chi connectivity index (χ3v) is 5.69. The quantitative estimate of drug-likeness (QED) is 0.827. The lowest BCUT2D eigenvalue weighted by Crippen LogP contribution is -2.44. The number of hydrogen-bond donors (Lipinski definition) is 2. The van der Waals surface area contributed by atoms with Gasteiger partial charge in [-0.25, -0.2) is 13.6 Å². The second kappa shape index (κ2) is 8.04. The predicted octanol–water partition coefficient (Wildman–Crippen LogP) is 2.45. The molecule has 3 N–H and O–H groups in total. The topological polar surface area (TPSA) is 92.5 Å². The second-order valence-electron chi connectivity index (χ2n) is 6.57. The monoisotopic (exact) mass is 385 g/mol. The number of carbonyl (C=O) groups is 1. The van der Waals surface area contributed by atoms with Crippen LogP contribution in [0.1, 0.15) is 18.9 Å². The predicted molar refractivity (Wildman–Crippen MR) is 107 cm³/mol. The fourth-order valence-electron chi connectivity index (χ4n) is 3.09. The van der Waals surface area contributed by atoms with Gasteiger partial charge in [0.15, 0.2) is 0 Å². The van der Waals surface area contributed by atoms with Gasteiger partial charge >= 0.3 is 0 Å². The third-order valence-electron chi connectivity index (χ3n) is 4.76. The van der Waals surface area contributed by atoms with Gasteiger partial charge in [0.25, 0.3) is 0 Å². The maximum absolute atomic E-state index is 12.5. The van der Waals surface area contributed by atoms with Crippen LogP contribution in [0, 0.1) is 0 Å². The zero-order valence-electron chi connectivity index (χ0n) is 15.1. The summed E-state index contributed by atoms with van der Waals surface area (Å²) in [5, 5.41) is 7.90. The van der Waals surface area contributed by atoms with Crippen molar-refractivity contribution in [2.75, 3.05) is 18.4 Å². The van der Waals surface area contributed by atoms with Gasteiger partial charge in [0.05, 0.1) is 10.9 Å². The van der Waals surface area contributed by atoms with E-state index in [1.165, 1.54) is 35.4 Å². The molecule has 27 heavy (non-hydrogen) atoms.